The van der Waals surface area contributed by atoms with Gasteiger partial charge in [0.05, 0.1) is 18.9 Å². The quantitative estimate of drug-likeness (QED) is 0.171. The van der Waals surface area contributed by atoms with Crippen molar-refractivity contribution in [2.45, 2.75) is 64.6 Å². The van der Waals surface area contributed by atoms with Gasteiger partial charge in [0.2, 0.25) is 0 Å². The maximum atomic E-state index is 14.1. The van der Waals surface area contributed by atoms with Crippen LogP contribution in [0.1, 0.15) is 46.4 Å². The topological polar surface area (TPSA) is 192 Å². The van der Waals surface area contributed by atoms with Gasteiger partial charge in [-0.15, -0.1) is 0 Å². The molecular weight excluding hydrogens is 585 g/mol. The zero-order valence-corrected chi connectivity index (χ0v) is 25.2. The molecule has 0 aliphatic carbocycles. The monoisotopic (exact) mass is 619 g/mol. The number of anilines is 1. The van der Waals surface area contributed by atoms with Gasteiger partial charge in [0.15, 0.2) is 18.0 Å². The van der Waals surface area contributed by atoms with E-state index < -0.39 is 62.2 Å². The number of hydrogen-bond donors (Lipinski definition) is 2. The largest absolute Gasteiger partial charge is 0.465 e. The van der Waals surface area contributed by atoms with Crippen molar-refractivity contribution < 1.29 is 46.9 Å². The van der Waals surface area contributed by atoms with Gasteiger partial charge in [0, 0.05) is 13.8 Å². The molecule has 1 aliphatic rings. The lowest BCUT2D eigenvalue weighted by Crippen LogP contribution is -2.48. The van der Waals surface area contributed by atoms with E-state index in [1.165, 1.54) is 38.5 Å². The lowest BCUT2D eigenvalue weighted by Gasteiger charge is -2.32. The molecule has 1 fully saturated rings. The Morgan fingerprint density at radius 3 is 2.49 bits per heavy atom. The van der Waals surface area contributed by atoms with E-state index in [1.807, 2.05) is 0 Å². The highest BCUT2D eigenvalue weighted by atomic mass is 31.2. The lowest BCUT2D eigenvalue weighted by molar-refractivity contribution is -0.169. The number of hydrogen-bond acceptors (Lipinski definition) is 13. The molecule has 0 unspecified atom stereocenters. The first kappa shape index (κ1) is 31.9. The summed E-state index contributed by atoms with van der Waals surface area (Å²) in [6.45, 7) is 6.60. The molecule has 232 valence electrons. The SMILES string of the molecule is CCOC(=O)[C@H](C)N[P@](=O)(OC[C@@]1(C)O[C@@H](c2ccc3c(N)ncnn23)[C@H](OC(C)=O)[C@@H]1OC(C)=O)Oc1ccccc1. The number of nitrogen functional groups attached to an aromatic ring is 1. The minimum Gasteiger partial charge on any atom is -0.465 e. The van der Waals surface area contributed by atoms with E-state index in [1.54, 1.807) is 49.4 Å². The fraction of sp³-hybridized carbons (Fsp3) is 0.444. The number of ether oxygens (including phenoxy) is 4. The van der Waals surface area contributed by atoms with Crippen molar-refractivity contribution >= 4 is 37.0 Å². The fourth-order valence-corrected chi connectivity index (χ4v) is 6.22. The van der Waals surface area contributed by atoms with Crippen LogP contribution in [-0.2, 0) is 42.4 Å². The number of rotatable bonds is 12. The number of para-hydroxylation sites is 1. The summed E-state index contributed by atoms with van der Waals surface area (Å²) in [7, 11) is -4.32. The molecule has 1 aliphatic heterocycles. The number of fused-ring (bicyclic) bond motifs is 1. The van der Waals surface area contributed by atoms with Crippen LogP contribution in [0.15, 0.2) is 48.8 Å². The number of carbonyl (C=O) groups is 3. The summed E-state index contributed by atoms with van der Waals surface area (Å²) in [4.78, 5) is 40.8. The van der Waals surface area contributed by atoms with Crippen LogP contribution < -0.4 is 15.3 Å². The highest BCUT2D eigenvalue weighted by molar-refractivity contribution is 7.52. The van der Waals surface area contributed by atoms with E-state index in [0.717, 1.165) is 0 Å². The second kappa shape index (κ2) is 13.1. The maximum absolute atomic E-state index is 14.1. The van der Waals surface area contributed by atoms with Crippen molar-refractivity contribution in [3.8, 4) is 5.75 Å². The third-order valence-electron chi connectivity index (χ3n) is 6.47. The van der Waals surface area contributed by atoms with Gasteiger partial charge in [-0.05, 0) is 45.0 Å². The summed E-state index contributed by atoms with van der Waals surface area (Å²) in [5.41, 5.74) is 5.31. The van der Waals surface area contributed by atoms with E-state index in [0.29, 0.717) is 11.2 Å². The standard InChI is InChI=1S/C27H34N5O10P/c1-6-37-26(35)16(2)31-43(36,42-19-10-8-7-9-11-19)38-14-27(5)24(40-18(4)34)23(39-17(3)33)22(41-27)20-12-13-21-25(28)29-15-30-32(20)21/h7-13,15-16,22-24H,6,14H2,1-5H3,(H,31,36)(H2,28,29,30)/t16-,22-,23-,24-,27+,43-/m0/s1. The normalized spacial score (nSPS) is 23.7. The first-order valence-electron chi connectivity index (χ1n) is 13.4. The summed E-state index contributed by atoms with van der Waals surface area (Å²) < 4.78 is 49.8. The van der Waals surface area contributed by atoms with Crippen LogP contribution >= 0.6 is 7.75 Å². The average Bonchev–Trinajstić information content (AvgIpc) is 3.48. The molecule has 3 N–H and O–H groups in total. The summed E-state index contributed by atoms with van der Waals surface area (Å²) in [6, 6.07) is 10.4. The zero-order valence-electron chi connectivity index (χ0n) is 24.3. The van der Waals surface area contributed by atoms with Crippen molar-refractivity contribution in [3.63, 3.8) is 0 Å². The molecule has 43 heavy (non-hydrogen) atoms. The second-order valence-electron chi connectivity index (χ2n) is 9.93. The van der Waals surface area contributed by atoms with Crippen molar-refractivity contribution in [2.24, 2.45) is 0 Å². The minimum absolute atomic E-state index is 0.107. The van der Waals surface area contributed by atoms with Gasteiger partial charge >= 0.3 is 25.7 Å². The molecule has 0 spiro atoms. The number of nitrogens with one attached hydrogen (secondary N) is 1. The highest BCUT2D eigenvalue weighted by Crippen LogP contribution is 2.49. The van der Waals surface area contributed by atoms with Crippen LogP contribution in [0.2, 0.25) is 0 Å². The van der Waals surface area contributed by atoms with Crippen LogP contribution in [0.5, 0.6) is 5.75 Å². The van der Waals surface area contributed by atoms with E-state index in [9.17, 15) is 18.9 Å². The molecule has 1 saturated heterocycles. The first-order valence-corrected chi connectivity index (χ1v) is 14.9. The van der Waals surface area contributed by atoms with Crippen LogP contribution in [-0.4, -0.2) is 69.6 Å². The number of esters is 3. The van der Waals surface area contributed by atoms with Crippen molar-refractivity contribution in [2.75, 3.05) is 18.9 Å². The highest BCUT2D eigenvalue weighted by Gasteiger charge is 2.58. The Bertz CT molecular complexity index is 1520. The number of carbonyl (C=O) groups excluding carboxylic acids is 3. The van der Waals surface area contributed by atoms with Crippen molar-refractivity contribution in [1.29, 1.82) is 0 Å². The number of aromatic nitrogens is 3. The Hall–Kier alpha value is -4.04. The summed E-state index contributed by atoms with van der Waals surface area (Å²) in [5, 5.41) is 6.83. The molecule has 3 aromatic rings. The third-order valence-corrected chi connectivity index (χ3v) is 8.10. The molecule has 16 heteroatoms. The minimum atomic E-state index is -4.32. The maximum Gasteiger partial charge on any atom is 0.459 e. The predicted octanol–water partition coefficient (Wildman–Crippen LogP) is 2.75. The van der Waals surface area contributed by atoms with Crippen LogP contribution in [0.3, 0.4) is 0 Å². The van der Waals surface area contributed by atoms with Crippen molar-refractivity contribution in [1.82, 2.24) is 19.7 Å². The number of benzene rings is 1. The Morgan fingerprint density at radius 1 is 1.14 bits per heavy atom. The fourth-order valence-electron chi connectivity index (χ4n) is 4.63. The molecule has 3 heterocycles. The lowest BCUT2D eigenvalue weighted by atomic mass is 9.96. The molecule has 0 bridgehead atoms. The number of nitrogens with zero attached hydrogens (tertiary/aromatic N) is 3. The summed E-state index contributed by atoms with van der Waals surface area (Å²) in [5.74, 6) is -1.65. The van der Waals surface area contributed by atoms with Gasteiger partial charge < -0.3 is 29.2 Å². The van der Waals surface area contributed by atoms with Crippen molar-refractivity contribution in [3.05, 3.63) is 54.5 Å². The Morgan fingerprint density at radius 2 is 1.84 bits per heavy atom. The molecule has 2 aromatic heterocycles. The summed E-state index contributed by atoms with van der Waals surface area (Å²) in [6.07, 6.45) is -2.21. The smallest absolute Gasteiger partial charge is 0.459 e. The predicted molar refractivity (Wildman–Crippen MR) is 151 cm³/mol. The van der Waals surface area contributed by atoms with Gasteiger partial charge in [-0.3, -0.25) is 18.9 Å². The average molecular weight is 620 g/mol. The Labute approximate surface area is 247 Å². The third kappa shape index (κ3) is 7.31. The van der Waals surface area contributed by atoms with Crippen LogP contribution in [0.25, 0.3) is 5.52 Å². The zero-order chi connectivity index (χ0) is 31.4. The molecule has 4 rings (SSSR count). The van der Waals surface area contributed by atoms with Gasteiger partial charge in [0.1, 0.15) is 35.3 Å². The van der Waals surface area contributed by atoms with E-state index >= 15 is 0 Å². The van der Waals surface area contributed by atoms with Crippen LogP contribution in [0.4, 0.5) is 5.82 Å². The van der Waals surface area contributed by atoms with E-state index in [4.69, 9.17) is 33.7 Å². The molecule has 1 aromatic carbocycles. The molecule has 0 saturated carbocycles. The van der Waals surface area contributed by atoms with E-state index in [2.05, 4.69) is 15.2 Å². The first-order chi connectivity index (χ1) is 20.4. The van der Waals surface area contributed by atoms with Gasteiger partial charge in [-0.2, -0.15) is 10.2 Å². The molecular formula is C27H34N5O10P. The molecule has 0 amide bonds. The number of nitrogens with two attached hydrogens (primary N) is 1. The van der Waals surface area contributed by atoms with E-state index in [-0.39, 0.29) is 18.2 Å². The van der Waals surface area contributed by atoms with Gasteiger partial charge in [-0.1, -0.05) is 18.2 Å². The van der Waals surface area contributed by atoms with Gasteiger partial charge in [-0.25, -0.2) is 14.1 Å². The summed E-state index contributed by atoms with van der Waals surface area (Å²) >= 11 is 0. The molecule has 0 radical (unpaired) electrons. The molecule has 15 nitrogen and oxygen atoms in total. The second-order valence-corrected chi connectivity index (χ2v) is 11.6. The Kier molecular flexibility index (Phi) is 9.70. The molecule has 6 atom stereocenters. The van der Waals surface area contributed by atoms with Crippen LogP contribution in [0, 0.1) is 0 Å². The Balaban J connectivity index is 1.70. The van der Waals surface area contributed by atoms with Gasteiger partial charge in [0.25, 0.3) is 0 Å².